The normalized spacial score (nSPS) is 19.2. The molecule has 72 valence electrons. The average Bonchev–Trinajstić information content (AvgIpc) is 2.19. The highest BCUT2D eigenvalue weighted by Gasteiger charge is 2.23. The van der Waals surface area contributed by atoms with Gasteiger partial charge in [0, 0.05) is 0 Å². The first-order chi connectivity index (χ1) is 6.72. The van der Waals surface area contributed by atoms with Crippen LogP contribution < -0.4 is 9.47 Å². The maximum Gasteiger partial charge on any atom is 0.179 e. The van der Waals surface area contributed by atoms with E-state index in [1.165, 1.54) is 0 Å². The minimum atomic E-state index is -0.176. The summed E-state index contributed by atoms with van der Waals surface area (Å²) < 4.78 is 10.9. The zero-order valence-electron chi connectivity index (χ0n) is 7.82. The van der Waals surface area contributed by atoms with Crippen molar-refractivity contribution in [2.75, 3.05) is 0 Å². The first kappa shape index (κ1) is 8.81. The van der Waals surface area contributed by atoms with Gasteiger partial charge in [-0.05, 0) is 19.1 Å². The van der Waals surface area contributed by atoms with E-state index in [2.05, 4.69) is 6.58 Å². The molecule has 1 aromatic rings. The van der Waals surface area contributed by atoms with Gasteiger partial charge in [-0.3, -0.25) is 4.79 Å². The molecule has 3 heteroatoms. The Bertz CT molecular complexity index is 396. The highest BCUT2D eigenvalue weighted by atomic mass is 16.6. The molecule has 0 N–H and O–H groups in total. The van der Waals surface area contributed by atoms with E-state index in [9.17, 15) is 4.79 Å². The lowest BCUT2D eigenvalue weighted by Crippen LogP contribution is -2.23. The van der Waals surface area contributed by atoms with Gasteiger partial charge >= 0.3 is 0 Å². The van der Waals surface area contributed by atoms with E-state index in [1.54, 1.807) is 18.2 Å². The van der Waals surface area contributed by atoms with Crippen LogP contribution in [-0.4, -0.2) is 12.4 Å². The maximum absolute atomic E-state index is 10.7. The molecule has 0 aliphatic carbocycles. The summed E-state index contributed by atoms with van der Waals surface area (Å²) in [5, 5.41) is 0. The molecule has 0 saturated carbocycles. The van der Waals surface area contributed by atoms with Crippen LogP contribution in [-0.2, 0) is 0 Å². The Morgan fingerprint density at radius 2 is 2.29 bits per heavy atom. The number of rotatable bonds is 1. The number of para-hydroxylation sites is 1. The van der Waals surface area contributed by atoms with E-state index in [1.807, 2.05) is 6.92 Å². The van der Waals surface area contributed by atoms with Crippen LogP contribution >= 0.6 is 0 Å². The van der Waals surface area contributed by atoms with Crippen molar-refractivity contribution >= 4 is 6.29 Å². The maximum atomic E-state index is 10.7. The topological polar surface area (TPSA) is 35.5 Å². The first-order valence-corrected chi connectivity index (χ1v) is 4.34. The molecule has 14 heavy (non-hydrogen) atoms. The molecular weight excluding hydrogens is 180 g/mol. The quantitative estimate of drug-likeness (QED) is 0.636. The molecule has 0 bridgehead atoms. The Labute approximate surface area is 81.9 Å². The second-order valence-corrected chi connectivity index (χ2v) is 3.12. The largest absolute Gasteiger partial charge is 0.479 e. The van der Waals surface area contributed by atoms with Gasteiger partial charge in [0.15, 0.2) is 23.9 Å². The molecule has 1 unspecified atom stereocenters. The van der Waals surface area contributed by atoms with Crippen LogP contribution in [0.3, 0.4) is 0 Å². The van der Waals surface area contributed by atoms with Crippen molar-refractivity contribution in [1.29, 1.82) is 0 Å². The number of ether oxygens (including phenoxy) is 2. The molecule has 1 aliphatic heterocycles. The predicted molar refractivity (Wildman–Crippen MR) is 51.7 cm³/mol. The van der Waals surface area contributed by atoms with Crippen LogP contribution in [0.1, 0.15) is 17.3 Å². The van der Waals surface area contributed by atoms with Crippen LogP contribution in [0.5, 0.6) is 11.5 Å². The van der Waals surface area contributed by atoms with E-state index in [-0.39, 0.29) is 6.10 Å². The lowest BCUT2D eigenvalue weighted by atomic mass is 10.2. The summed E-state index contributed by atoms with van der Waals surface area (Å²) >= 11 is 0. The number of hydrogen-bond donors (Lipinski definition) is 0. The van der Waals surface area contributed by atoms with Crippen molar-refractivity contribution in [3.63, 3.8) is 0 Å². The molecular formula is C11H10O3. The molecule has 0 saturated heterocycles. The third-order valence-corrected chi connectivity index (χ3v) is 2.13. The summed E-state index contributed by atoms with van der Waals surface area (Å²) in [6.07, 6.45) is 0.565. The number of carbonyl (C=O) groups is 1. The lowest BCUT2D eigenvalue weighted by molar-refractivity contribution is 0.111. The fourth-order valence-electron chi connectivity index (χ4n) is 1.30. The molecule has 0 aromatic heterocycles. The molecule has 2 rings (SSSR count). The van der Waals surface area contributed by atoms with Crippen molar-refractivity contribution in [2.45, 2.75) is 13.0 Å². The smallest absolute Gasteiger partial charge is 0.179 e. The van der Waals surface area contributed by atoms with Crippen molar-refractivity contribution < 1.29 is 14.3 Å². The summed E-state index contributed by atoms with van der Waals surface area (Å²) in [5.41, 5.74) is 0.482. The number of benzene rings is 1. The van der Waals surface area contributed by atoms with Gasteiger partial charge in [0.2, 0.25) is 0 Å². The van der Waals surface area contributed by atoms with Crippen LogP contribution in [0.15, 0.2) is 30.5 Å². The number of aldehydes is 1. The number of carbonyl (C=O) groups excluding carboxylic acids is 1. The number of hydrogen-bond acceptors (Lipinski definition) is 3. The summed E-state index contributed by atoms with van der Waals surface area (Å²) in [6, 6.07) is 5.20. The van der Waals surface area contributed by atoms with Gasteiger partial charge in [0.25, 0.3) is 0 Å². The van der Waals surface area contributed by atoms with E-state index in [0.717, 1.165) is 6.29 Å². The second kappa shape index (κ2) is 3.18. The SMILES string of the molecule is C=C1Oc2c(C=O)cccc2OC1C. The molecule has 1 atom stereocenters. The molecule has 1 aromatic carbocycles. The third-order valence-electron chi connectivity index (χ3n) is 2.13. The fraction of sp³-hybridized carbons (Fsp3) is 0.182. The standard InChI is InChI=1S/C11H10O3/c1-7-8(2)14-11-9(6-12)4-3-5-10(11)13-7/h3-7H,2H2,1H3. The van der Waals surface area contributed by atoms with Crippen molar-refractivity contribution in [3.8, 4) is 11.5 Å². The van der Waals surface area contributed by atoms with Gasteiger partial charge in [0.05, 0.1) is 5.56 Å². The fourth-order valence-corrected chi connectivity index (χ4v) is 1.30. The predicted octanol–water partition coefficient (Wildman–Crippen LogP) is 2.17. The van der Waals surface area contributed by atoms with Gasteiger partial charge < -0.3 is 9.47 Å². The molecule has 0 spiro atoms. The van der Waals surface area contributed by atoms with Gasteiger partial charge in [-0.15, -0.1) is 0 Å². The third kappa shape index (κ3) is 1.27. The van der Waals surface area contributed by atoms with E-state index in [0.29, 0.717) is 22.8 Å². The Morgan fingerprint density at radius 1 is 1.50 bits per heavy atom. The molecule has 1 heterocycles. The van der Waals surface area contributed by atoms with Crippen molar-refractivity contribution in [2.24, 2.45) is 0 Å². The van der Waals surface area contributed by atoms with Crippen LogP contribution in [0, 0.1) is 0 Å². The molecule has 1 aliphatic rings. The Hall–Kier alpha value is -1.77. The van der Waals surface area contributed by atoms with Crippen LogP contribution in [0.4, 0.5) is 0 Å². The summed E-state index contributed by atoms with van der Waals surface area (Å²) in [6.45, 7) is 5.55. The summed E-state index contributed by atoms with van der Waals surface area (Å²) in [5.74, 6) is 1.58. The van der Waals surface area contributed by atoms with E-state index >= 15 is 0 Å². The Morgan fingerprint density at radius 3 is 3.00 bits per heavy atom. The van der Waals surface area contributed by atoms with Gasteiger partial charge in [0.1, 0.15) is 5.76 Å². The molecule has 0 radical (unpaired) electrons. The number of fused-ring (bicyclic) bond motifs is 1. The molecule has 0 amide bonds. The summed E-state index contributed by atoms with van der Waals surface area (Å²) in [7, 11) is 0. The van der Waals surface area contributed by atoms with Crippen LogP contribution in [0.25, 0.3) is 0 Å². The minimum absolute atomic E-state index is 0.176. The lowest BCUT2D eigenvalue weighted by Gasteiger charge is -2.26. The van der Waals surface area contributed by atoms with E-state index < -0.39 is 0 Å². The Balaban J connectivity index is 2.51. The van der Waals surface area contributed by atoms with Crippen molar-refractivity contribution in [3.05, 3.63) is 36.1 Å². The zero-order chi connectivity index (χ0) is 10.1. The van der Waals surface area contributed by atoms with Gasteiger partial charge in [-0.25, -0.2) is 0 Å². The molecule has 3 nitrogen and oxygen atoms in total. The zero-order valence-corrected chi connectivity index (χ0v) is 7.82. The Kier molecular flexibility index (Phi) is 2.00. The van der Waals surface area contributed by atoms with Gasteiger partial charge in [-0.1, -0.05) is 12.6 Å². The summed E-state index contributed by atoms with van der Waals surface area (Å²) in [4.78, 5) is 10.7. The molecule has 0 fully saturated rings. The second-order valence-electron chi connectivity index (χ2n) is 3.12. The highest BCUT2D eigenvalue weighted by Crippen LogP contribution is 2.36. The van der Waals surface area contributed by atoms with Gasteiger partial charge in [-0.2, -0.15) is 0 Å². The minimum Gasteiger partial charge on any atom is -0.479 e. The highest BCUT2D eigenvalue weighted by molar-refractivity contribution is 5.81. The average molecular weight is 190 g/mol. The van der Waals surface area contributed by atoms with Crippen molar-refractivity contribution in [1.82, 2.24) is 0 Å². The van der Waals surface area contributed by atoms with E-state index in [4.69, 9.17) is 9.47 Å². The van der Waals surface area contributed by atoms with Crippen LogP contribution in [0.2, 0.25) is 0 Å². The first-order valence-electron chi connectivity index (χ1n) is 4.34. The monoisotopic (exact) mass is 190 g/mol.